The summed E-state index contributed by atoms with van der Waals surface area (Å²) in [7, 11) is 0. The van der Waals surface area contributed by atoms with Crippen molar-refractivity contribution in [2.75, 3.05) is 11.9 Å². The molecule has 0 fully saturated rings. The topological polar surface area (TPSA) is 124 Å². The molecule has 0 aliphatic rings. The Morgan fingerprint density at radius 2 is 2.14 bits per heavy atom. The molecule has 0 spiro atoms. The fourth-order valence-electron chi connectivity index (χ4n) is 1.71. The molecule has 2 amide bonds. The van der Waals surface area contributed by atoms with Crippen LogP contribution in [0.3, 0.4) is 0 Å². The Morgan fingerprint density at radius 3 is 2.76 bits per heavy atom. The van der Waals surface area contributed by atoms with E-state index in [0.717, 1.165) is 0 Å². The van der Waals surface area contributed by atoms with E-state index < -0.39 is 17.8 Å². The molecule has 2 aromatic rings. The summed E-state index contributed by atoms with van der Waals surface area (Å²) in [5.74, 6) is -2.17. The second-order valence-electron chi connectivity index (χ2n) is 4.25. The summed E-state index contributed by atoms with van der Waals surface area (Å²) in [5.41, 5.74) is 0.637. The van der Waals surface area contributed by atoms with Gasteiger partial charge in [0.1, 0.15) is 5.69 Å². The fraction of sp³-hybridized carbons (Fsp3) is 0.154. The molecule has 21 heavy (non-hydrogen) atoms. The highest BCUT2D eigenvalue weighted by Gasteiger charge is 2.16. The number of aryl methyl sites for hydroxylation is 1. The predicted molar refractivity (Wildman–Crippen MR) is 72.2 cm³/mol. The SMILES string of the molecule is Cc1cc(NC(=O)CNC(=O)c2ccco2)c(C(=O)O)[nH]1. The molecule has 2 aromatic heterocycles. The van der Waals surface area contributed by atoms with Crippen molar-refractivity contribution in [2.24, 2.45) is 0 Å². The van der Waals surface area contributed by atoms with Gasteiger partial charge in [-0.25, -0.2) is 4.79 Å². The van der Waals surface area contributed by atoms with E-state index in [4.69, 9.17) is 9.52 Å². The molecule has 8 nitrogen and oxygen atoms in total. The molecule has 0 unspecified atom stereocenters. The minimum Gasteiger partial charge on any atom is -0.477 e. The van der Waals surface area contributed by atoms with Crippen LogP contribution in [0.15, 0.2) is 28.9 Å². The minimum atomic E-state index is -1.18. The van der Waals surface area contributed by atoms with Crippen LogP contribution in [0.2, 0.25) is 0 Å². The van der Waals surface area contributed by atoms with Gasteiger partial charge in [0.05, 0.1) is 18.5 Å². The summed E-state index contributed by atoms with van der Waals surface area (Å²) in [6.45, 7) is 1.36. The highest BCUT2D eigenvalue weighted by atomic mass is 16.4. The Hall–Kier alpha value is -3.03. The van der Waals surface area contributed by atoms with Crippen molar-refractivity contribution >= 4 is 23.5 Å². The lowest BCUT2D eigenvalue weighted by atomic mass is 10.3. The molecular weight excluding hydrogens is 278 g/mol. The summed E-state index contributed by atoms with van der Waals surface area (Å²) in [5, 5.41) is 13.7. The van der Waals surface area contributed by atoms with E-state index in [1.807, 2.05) is 0 Å². The Morgan fingerprint density at radius 1 is 1.38 bits per heavy atom. The standard InChI is InChI=1S/C13H13N3O5/c1-7-5-8(11(15-7)13(19)20)16-10(17)6-14-12(18)9-3-2-4-21-9/h2-5,15H,6H2,1H3,(H,14,18)(H,16,17)(H,19,20). The number of carboxylic acid groups (broad SMARTS) is 1. The molecule has 0 aromatic carbocycles. The zero-order chi connectivity index (χ0) is 15.4. The number of nitrogens with one attached hydrogen (secondary N) is 3. The smallest absolute Gasteiger partial charge is 0.354 e. The average Bonchev–Trinajstić information content (AvgIpc) is 3.05. The van der Waals surface area contributed by atoms with Gasteiger partial charge in [0, 0.05) is 5.69 Å². The largest absolute Gasteiger partial charge is 0.477 e. The number of carbonyl (C=O) groups is 3. The molecule has 0 saturated heterocycles. The van der Waals surface area contributed by atoms with Crippen LogP contribution < -0.4 is 10.6 Å². The van der Waals surface area contributed by atoms with Crippen LogP contribution in [0.4, 0.5) is 5.69 Å². The number of aromatic carboxylic acids is 1. The van der Waals surface area contributed by atoms with Crippen LogP contribution in [0.1, 0.15) is 26.7 Å². The summed E-state index contributed by atoms with van der Waals surface area (Å²) in [4.78, 5) is 36.9. The molecule has 4 N–H and O–H groups in total. The van der Waals surface area contributed by atoms with E-state index in [-0.39, 0.29) is 23.7 Å². The molecule has 0 aliphatic heterocycles. The summed E-state index contributed by atoms with van der Waals surface area (Å²) < 4.78 is 4.87. The zero-order valence-corrected chi connectivity index (χ0v) is 11.1. The molecular formula is C13H13N3O5. The maximum atomic E-state index is 11.7. The van der Waals surface area contributed by atoms with E-state index in [1.54, 1.807) is 13.0 Å². The number of hydrogen-bond donors (Lipinski definition) is 4. The van der Waals surface area contributed by atoms with Crippen LogP contribution >= 0.6 is 0 Å². The van der Waals surface area contributed by atoms with Gasteiger partial charge in [-0.15, -0.1) is 0 Å². The number of carbonyl (C=O) groups excluding carboxylic acids is 2. The minimum absolute atomic E-state index is 0.0894. The average molecular weight is 291 g/mol. The molecule has 2 heterocycles. The first-order valence-electron chi connectivity index (χ1n) is 6.02. The maximum absolute atomic E-state index is 11.7. The van der Waals surface area contributed by atoms with Crippen LogP contribution in [-0.4, -0.2) is 34.4 Å². The number of furan rings is 1. The number of aromatic amines is 1. The molecule has 0 aliphatic carbocycles. The summed E-state index contributed by atoms with van der Waals surface area (Å²) in [6.07, 6.45) is 1.34. The molecule has 0 radical (unpaired) electrons. The predicted octanol–water partition coefficient (Wildman–Crippen LogP) is 0.983. The van der Waals surface area contributed by atoms with Crippen LogP contribution in [0.25, 0.3) is 0 Å². The maximum Gasteiger partial charge on any atom is 0.354 e. The van der Waals surface area contributed by atoms with Gasteiger partial charge in [-0.3, -0.25) is 9.59 Å². The monoisotopic (exact) mass is 291 g/mol. The lowest BCUT2D eigenvalue weighted by molar-refractivity contribution is -0.115. The molecule has 0 saturated carbocycles. The lowest BCUT2D eigenvalue weighted by Crippen LogP contribution is -2.32. The van der Waals surface area contributed by atoms with Gasteiger partial charge in [-0.05, 0) is 25.1 Å². The first-order chi connectivity index (χ1) is 9.97. The zero-order valence-electron chi connectivity index (χ0n) is 11.1. The third-order valence-corrected chi connectivity index (χ3v) is 2.59. The highest BCUT2D eigenvalue weighted by molar-refractivity contribution is 6.02. The molecule has 2 rings (SSSR count). The second-order valence-corrected chi connectivity index (χ2v) is 4.25. The van der Waals surface area contributed by atoms with Crippen molar-refractivity contribution in [2.45, 2.75) is 6.92 Å². The van der Waals surface area contributed by atoms with Crippen LogP contribution in [0.5, 0.6) is 0 Å². The van der Waals surface area contributed by atoms with E-state index in [9.17, 15) is 14.4 Å². The summed E-state index contributed by atoms with van der Waals surface area (Å²) in [6, 6.07) is 4.51. The summed E-state index contributed by atoms with van der Waals surface area (Å²) >= 11 is 0. The van der Waals surface area contributed by atoms with Crippen LogP contribution in [-0.2, 0) is 4.79 Å². The fourth-order valence-corrected chi connectivity index (χ4v) is 1.71. The Kier molecular flexibility index (Phi) is 4.07. The van der Waals surface area contributed by atoms with Crippen molar-refractivity contribution < 1.29 is 23.9 Å². The second kappa shape index (κ2) is 5.95. The molecule has 0 atom stereocenters. The molecule has 110 valence electrons. The highest BCUT2D eigenvalue weighted by Crippen LogP contribution is 2.16. The number of aromatic nitrogens is 1. The molecule has 8 heteroatoms. The number of carboxylic acids is 1. The number of rotatable bonds is 5. The van der Waals surface area contributed by atoms with Gasteiger partial charge < -0.3 is 25.1 Å². The van der Waals surface area contributed by atoms with Gasteiger partial charge in [0.15, 0.2) is 5.76 Å². The number of amides is 2. The van der Waals surface area contributed by atoms with Crippen LogP contribution in [0, 0.1) is 6.92 Å². The first kappa shape index (κ1) is 14.4. The quantitative estimate of drug-likeness (QED) is 0.653. The van der Waals surface area contributed by atoms with Crippen molar-refractivity contribution in [3.8, 4) is 0 Å². The Labute approximate surface area is 119 Å². The third kappa shape index (κ3) is 3.50. The van der Waals surface area contributed by atoms with Crippen molar-refractivity contribution in [1.82, 2.24) is 10.3 Å². The Balaban J connectivity index is 1.93. The van der Waals surface area contributed by atoms with Gasteiger partial charge in [0.25, 0.3) is 5.91 Å². The lowest BCUT2D eigenvalue weighted by Gasteiger charge is -2.05. The van der Waals surface area contributed by atoms with Gasteiger partial charge in [-0.2, -0.15) is 0 Å². The van der Waals surface area contributed by atoms with Crippen molar-refractivity contribution in [3.05, 3.63) is 41.6 Å². The van der Waals surface area contributed by atoms with Crippen molar-refractivity contribution in [1.29, 1.82) is 0 Å². The Bertz CT molecular complexity index is 672. The normalized spacial score (nSPS) is 10.1. The van der Waals surface area contributed by atoms with E-state index in [2.05, 4.69) is 15.6 Å². The number of H-pyrrole nitrogens is 1. The van der Waals surface area contributed by atoms with Gasteiger partial charge in [0.2, 0.25) is 5.91 Å². The first-order valence-corrected chi connectivity index (χ1v) is 6.02. The van der Waals surface area contributed by atoms with Gasteiger partial charge >= 0.3 is 5.97 Å². The van der Waals surface area contributed by atoms with E-state index in [0.29, 0.717) is 5.69 Å². The third-order valence-electron chi connectivity index (χ3n) is 2.59. The number of anilines is 1. The van der Waals surface area contributed by atoms with E-state index >= 15 is 0 Å². The molecule has 0 bridgehead atoms. The van der Waals surface area contributed by atoms with Crippen molar-refractivity contribution in [3.63, 3.8) is 0 Å². The van der Waals surface area contributed by atoms with Gasteiger partial charge in [-0.1, -0.05) is 0 Å². The van der Waals surface area contributed by atoms with E-state index in [1.165, 1.54) is 18.4 Å². The number of hydrogen-bond acceptors (Lipinski definition) is 4.